The summed E-state index contributed by atoms with van der Waals surface area (Å²) < 4.78 is 7.02. The van der Waals surface area contributed by atoms with Gasteiger partial charge in [0.15, 0.2) is 0 Å². The molecular formula is C13H12N4O. The maximum Gasteiger partial charge on any atom is 0.122 e. The number of anilines is 1. The fraction of sp³-hybridized carbons (Fsp3) is 0.0769. The van der Waals surface area contributed by atoms with Crippen molar-refractivity contribution in [3.63, 3.8) is 0 Å². The van der Waals surface area contributed by atoms with Crippen LogP contribution in [0.3, 0.4) is 0 Å². The number of furan rings is 1. The van der Waals surface area contributed by atoms with Crippen molar-refractivity contribution in [2.45, 2.75) is 6.54 Å². The molecule has 0 atom stereocenters. The minimum Gasteiger partial charge on any atom is -0.467 e. The molecule has 1 N–H and O–H groups in total. The van der Waals surface area contributed by atoms with Crippen LogP contribution in [0.15, 0.2) is 59.5 Å². The highest BCUT2D eigenvalue weighted by atomic mass is 16.3. The summed E-state index contributed by atoms with van der Waals surface area (Å²) in [5.74, 6) is 0.892. The molecular weight excluding hydrogens is 228 g/mol. The molecule has 90 valence electrons. The molecule has 0 saturated carbocycles. The molecule has 18 heavy (non-hydrogen) atoms. The van der Waals surface area contributed by atoms with Gasteiger partial charge in [0, 0.05) is 0 Å². The van der Waals surface area contributed by atoms with Gasteiger partial charge in [-0.3, -0.25) is 0 Å². The monoisotopic (exact) mass is 240 g/mol. The van der Waals surface area contributed by atoms with E-state index in [2.05, 4.69) is 15.6 Å². The molecule has 0 bridgehead atoms. The van der Waals surface area contributed by atoms with Gasteiger partial charge >= 0.3 is 0 Å². The van der Waals surface area contributed by atoms with Gasteiger partial charge in [0.2, 0.25) is 0 Å². The van der Waals surface area contributed by atoms with E-state index in [0.29, 0.717) is 6.54 Å². The van der Waals surface area contributed by atoms with Gasteiger partial charge in [0.05, 0.1) is 36.6 Å². The van der Waals surface area contributed by atoms with Gasteiger partial charge in [-0.05, 0) is 24.3 Å². The van der Waals surface area contributed by atoms with Gasteiger partial charge in [-0.1, -0.05) is 17.3 Å². The lowest BCUT2D eigenvalue weighted by atomic mass is 10.2. The number of nitrogens with one attached hydrogen (secondary N) is 1. The molecule has 0 fully saturated rings. The Bertz CT molecular complexity index is 602. The van der Waals surface area contributed by atoms with Crippen molar-refractivity contribution in [3.8, 4) is 5.69 Å². The highest BCUT2D eigenvalue weighted by Gasteiger charge is 2.04. The van der Waals surface area contributed by atoms with Crippen molar-refractivity contribution in [2.75, 3.05) is 5.32 Å². The van der Waals surface area contributed by atoms with E-state index in [9.17, 15) is 0 Å². The van der Waals surface area contributed by atoms with Crippen LogP contribution in [0.2, 0.25) is 0 Å². The Morgan fingerprint density at radius 3 is 2.89 bits per heavy atom. The highest BCUT2D eigenvalue weighted by Crippen LogP contribution is 2.19. The first-order valence-corrected chi connectivity index (χ1v) is 5.65. The van der Waals surface area contributed by atoms with Gasteiger partial charge in [-0.2, -0.15) is 0 Å². The molecule has 0 aliphatic carbocycles. The summed E-state index contributed by atoms with van der Waals surface area (Å²) in [5.41, 5.74) is 1.95. The number of benzene rings is 1. The van der Waals surface area contributed by atoms with E-state index in [1.807, 2.05) is 42.6 Å². The number of aromatic nitrogens is 3. The smallest absolute Gasteiger partial charge is 0.122 e. The summed E-state index contributed by atoms with van der Waals surface area (Å²) in [7, 11) is 0. The van der Waals surface area contributed by atoms with Crippen LogP contribution in [0, 0.1) is 0 Å². The summed E-state index contributed by atoms with van der Waals surface area (Å²) in [4.78, 5) is 0. The van der Waals surface area contributed by atoms with Gasteiger partial charge in [0.1, 0.15) is 5.76 Å². The first kappa shape index (κ1) is 10.6. The second-order valence-corrected chi connectivity index (χ2v) is 3.80. The van der Waals surface area contributed by atoms with Crippen molar-refractivity contribution in [2.24, 2.45) is 0 Å². The lowest BCUT2D eigenvalue weighted by molar-refractivity contribution is 0.518. The lowest BCUT2D eigenvalue weighted by Crippen LogP contribution is -2.04. The Balaban J connectivity index is 1.84. The van der Waals surface area contributed by atoms with Gasteiger partial charge < -0.3 is 9.73 Å². The minimum atomic E-state index is 0.638. The molecule has 2 heterocycles. The van der Waals surface area contributed by atoms with E-state index in [4.69, 9.17) is 4.42 Å². The number of nitrogens with zero attached hydrogens (tertiary/aromatic N) is 3. The lowest BCUT2D eigenvalue weighted by Gasteiger charge is -2.10. The van der Waals surface area contributed by atoms with Crippen LogP contribution in [0.5, 0.6) is 0 Å². The number of rotatable bonds is 4. The zero-order valence-electron chi connectivity index (χ0n) is 9.65. The van der Waals surface area contributed by atoms with Crippen LogP contribution in [-0.4, -0.2) is 15.0 Å². The van der Waals surface area contributed by atoms with Crippen LogP contribution in [-0.2, 0) is 6.54 Å². The topological polar surface area (TPSA) is 55.9 Å². The summed E-state index contributed by atoms with van der Waals surface area (Å²) in [6, 6.07) is 11.7. The van der Waals surface area contributed by atoms with Gasteiger partial charge in [-0.25, -0.2) is 4.68 Å². The molecule has 0 aliphatic heterocycles. The van der Waals surface area contributed by atoms with E-state index in [0.717, 1.165) is 17.1 Å². The summed E-state index contributed by atoms with van der Waals surface area (Å²) in [6.07, 6.45) is 5.14. The third-order valence-electron chi connectivity index (χ3n) is 2.61. The zero-order chi connectivity index (χ0) is 12.2. The van der Waals surface area contributed by atoms with Crippen LogP contribution in [0.1, 0.15) is 5.76 Å². The normalized spacial score (nSPS) is 10.4. The third-order valence-corrected chi connectivity index (χ3v) is 2.61. The maximum atomic E-state index is 5.29. The Labute approximate surface area is 104 Å². The molecule has 0 saturated heterocycles. The molecule has 5 heteroatoms. The molecule has 0 radical (unpaired) electrons. The zero-order valence-corrected chi connectivity index (χ0v) is 9.65. The predicted molar refractivity (Wildman–Crippen MR) is 67.4 cm³/mol. The Morgan fingerprint density at radius 2 is 2.11 bits per heavy atom. The van der Waals surface area contributed by atoms with E-state index < -0.39 is 0 Å². The Kier molecular flexibility index (Phi) is 2.79. The fourth-order valence-corrected chi connectivity index (χ4v) is 1.76. The molecule has 0 amide bonds. The van der Waals surface area contributed by atoms with Crippen molar-refractivity contribution < 1.29 is 4.42 Å². The molecule has 1 aromatic carbocycles. The first-order chi connectivity index (χ1) is 8.93. The Hall–Kier alpha value is -2.56. The maximum absolute atomic E-state index is 5.29. The Morgan fingerprint density at radius 1 is 1.17 bits per heavy atom. The summed E-state index contributed by atoms with van der Waals surface area (Å²) in [5, 5.41) is 11.1. The second kappa shape index (κ2) is 4.75. The highest BCUT2D eigenvalue weighted by molar-refractivity contribution is 5.60. The standard InChI is InChI=1S/C13H12N4O/c1-2-6-13(17-8-7-15-16-17)12(5-1)14-10-11-4-3-9-18-11/h1-9,14H,10H2. The van der Waals surface area contributed by atoms with Crippen molar-refractivity contribution in [1.82, 2.24) is 15.0 Å². The van der Waals surface area contributed by atoms with Crippen molar-refractivity contribution in [1.29, 1.82) is 0 Å². The third kappa shape index (κ3) is 2.10. The van der Waals surface area contributed by atoms with Crippen LogP contribution in [0.25, 0.3) is 5.69 Å². The van der Waals surface area contributed by atoms with Gasteiger partial charge in [-0.15, -0.1) is 5.10 Å². The predicted octanol–water partition coefficient (Wildman–Crippen LogP) is 2.47. The number of para-hydroxylation sites is 2. The molecule has 2 aromatic heterocycles. The van der Waals surface area contributed by atoms with E-state index in [1.54, 1.807) is 17.1 Å². The van der Waals surface area contributed by atoms with Crippen LogP contribution >= 0.6 is 0 Å². The first-order valence-electron chi connectivity index (χ1n) is 5.65. The molecule has 3 aromatic rings. The fourth-order valence-electron chi connectivity index (χ4n) is 1.76. The average Bonchev–Trinajstić information content (AvgIpc) is 3.10. The summed E-state index contributed by atoms with van der Waals surface area (Å²) in [6.45, 7) is 0.638. The van der Waals surface area contributed by atoms with E-state index in [1.165, 1.54) is 0 Å². The van der Waals surface area contributed by atoms with E-state index in [-0.39, 0.29) is 0 Å². The molecule has 0 spiro atoms. The number of hydrogen-bond acceptors (Lipinski definition) is 4. The second-order valence-electron chi connectivity index (χ2n) is 3.80. The SMILES string of the molecule is c1coc(CNc2ccccc2-n2ccnn2)c1. The average molecular weight is 240 g/mol. The molecule has 5 nitrogen and oxygen atoms in total. The minimum absolute atomic E-state index is 0.638. The number of hydrogen-bond donors (Lipinski definition) is 1. The molecule has 0 unspecified atom stereocenters. The quantitative estimate of drug-likeness (QED) is 0.761. The largest absolute Gasteiger partial charge is 0.467 e. The van der Waals surface area contributed by atoms with Crippen LogP contribution < -0.4 is 5.32 Å². The summed E-state index contributed by atoms with van der Waals surface area (Å²) >= 11 is 0. The van der Waals surface area contributed by atoms with Crippen LogP contribution in [0.4, 0.5) is 5.69 Å². The van der Waals surface area contributed by atoms with Gasteiger partial charge in [0.25, 0.3) is 0 Å². The van der Waals surface area contributed by atoms with Crippen molar-refractivity contribution in [3.05, 3.63) is 60.8 Å². The van der Waals surface area contributed by atoms with E-state index >= 15 is 0 Å². The molecule has 0 aliphatic rings. The molecule has 3 rings (SSSR count). The van der Waals surface area contributed by atoms with Crippen molar-refractivity contribution >= 4 is 5.69 Å².